The number of nitrogens with zero attached hydrogens (tertiary/aromatic N) is 4. The van der Waals surface area contributed by atoms with Crippen molar-refractivity contribution in [1.82, 2.24) is 5.32 Å². The molecule has 0 fully saturated rings. The highest BCUT2D eigenvalue weighted by Gasteiger charge is 2.27. The van der Waals surface area contributed by atoms with E-state index >= 15 is 0 Å². The molecule has 1 aromatic rings. The number of benzene rings is 1. The van der Waals surface area contributed by atoms with Gasteiger partial charge in [-0.3, -0.25) is 9.79 Å². The molecule has 0 aliphatic carbocycles. The second-order valence-corrected chi connectivity index (χ2v) is 3.73. The Bertz CT molecular complexity index is 600. The Balaban J connectivity index is 1.80. The lowest BCUT2D eigenvalue weighted by Crippen LogP contribution is -2.42. The fraction of sp³-hybridized carbons (Fsp3) is 0.0833. The first-order valence-corrected chi connectivity index (χ1v) is 5.40. The predicted octanol–water partition coefficient (Wildman–Crippen LogP) is 0.666. The molecule has 18 heavy (non-hydrogen) atoms. The molecule has 2 heterocycles. The standard InChI is InChI=1S/C12H9N5O/c18-12(8-4-2-1-3-5-8)17-11-9-10(14-6-13-9)15-7-16-11/h1-7,9H,(H,13,14,15,16,17,18)/t9-/m1/s1. The largest absolute Gasteiger partial charge is 0.308 e. The van der Waals surface area contributed by atoms with Gasteiger partial charge in [-0.05, 0) is 12.1 Å². The van der Waals surface area contributed by atoms with Crippen molar-refractivity contribution in [3.8, 4) is 0 Å². The summed E-state index contributed by atoms with van der Waals surface area (Å²) in [5.41, 5.74) is 0.572. The van der Waals surface area contributed by atoms with Crippen molar-refractivity contribution in [1.29, 1.82) is 0 Å². The van der Waals surface area contributed by atoms with Gasteiger partial charge in [0.05, 0.1) is 0 Å². The molecule has 0 unspecified atom stereocenters. The molecule has 1 amide bonds. The highest BCUT2D eigenvalue weighted by atomic mass is 16.1. The number of hydrogen-bond donors (Lipinski definition) is 1. The van der Waals surface area contributed by atoms with Gasteiger partial charge in [-0.15, -0.1) is 0 Å². The summed E-state index contributed by atoms with van der Waals surface area (Å²) in [6.45, 7) is 0. The predicted molar refractivity (Wildman–Crippen MR) is 69.6 cm³/mol. The second-order valence-electron chi connectivity index (χ2n) is 3.73. The number of carbonyl (C=O) groups excluding carboxylic acids is 1. The third kappa shape index (κ3) is 1.84. The fourth-order valence-corrected chi connectivity index (χ4v) is 1.69. The van der Waals surface area contributed by atoms with Gasteiger partial charge in [0.15, 0.2) is 11.9 Å². The molecule has 0 radical (unpaired) electrons. The smallest absolute Gasteiger partial charge is 0.256 e. The lowest BCUT2D eigenvalue weighted by Gasteiger charge is -2.14. The zero-order chi connectivity index (χ0) is 12.4. The van der Waals surface area contributed by atoms with Crippen molar-refractivity contribution in [3.63, 3.8) is 0 Å². The molecule has 0 bridgehead atoms. The van der Waals surface area contributed by atoms with Crippen LogP contribution in [0.1, 0.15) is 10.4 Å². The Morgan fingerprint density at radius 2 is 1.94 bits per heavy atom. The van der Waals surface area contributed by atoms with Crippen LogP contribution in [0.3, 0.4) is 0 Å². The average Bonchev–Trinajstić information content (AvgIpc) is 2.89. The number of carbonyl (C=O) groups is 1. The molecule has 0 saturated carbocycles. The van der Waals surface area contributed by atoms with Gasteiger partial charge in [-0.1, -0.05) is 18.2 Å². The van der Waals surface area contributed by atoms with Crippen molar-refractivity contribution in [2.24, 2.45) is 20.0 Å². The van der Waals surface area contributed by atoms with Crippen molar-refractivity contribution in [2.45, 2.75) is 6.04 Å². The molecule has 0 spiro atoms. The van der Waals surface area contributed by atoms with Crippen LogP contribution in [-0.4, -0.2) is 36.3 Å². The minimum absolute atomic E-state index is 0.217. The number of amides is 1. The number of amidine groups is 2. The molecular weight excluding hydrogens is 230 g/mol. The van der Waals surface area contributed by atoms with E-state index in [0.29, 0.717) is 17.2 Å². The number of hydrogen-bond acceptors (Lipinski definition) is 5. The van der Waals surface area contributed by atoms with Crippen LogP contribution in [0.25, 0.3) is 0 Å². The number of nitrogens with one attached hydrogen (secondary N) is 1. The van der Waals surface area contributed by atoms with Gasteiger partial charge in [0.25, 0.3) is 5.91 Å². The van der Waals surface area contributed by atoms with Crippen molar-refractivity contribution in [3.05, 3.63) is 35.9 Å². The van der Waals surface area contributed by atoms with E-state index in [1.54, 1.807) is 24.3 Å². The molecule has 1 aromatic carbocycles. The molecule has 6 nitrogen and oxygen atoms in total. The topological polar surface area (TPSA) is 78.5 Å². The highest BCUT2D eigenvalue weighted by molar-refractivity contribution is 6.23. The molecule has 0 saturated heterocycles. The third-order valence-corrected chi connectivity index (χ3v) is 2.57. The Hall–Kier alpha value is -2.63. The van der Waals surface area contributed by atoms with E-state index in [0.717, 1.165) is 0 Å². The first kappa shape index (κ1) is 10.5. The summed E-state index contributed by atoms with van der Waals surface area (Å²) in [5, 5.41) is 2.73. The normalized spacial score (nSPS) is 20.1. The summed E-state index contributed by atoms with van der Waals surface area (Å²) in [6, 6.07) is 8.55. The Labute approximate surface area is 103 Å². The van der Waals surface area contributed by atoms with Gasteiger partial charge >= 0.3 is 0 Å². The summed E-state index contributed by atoms with van der Waals surface area (Å²) in [5.74, 6) is 0.783. The van der Waals surface area contributed by atoms with Crippen molar-refractivity contribution in [2.75, 3.05) is 0 Å². The van der Waals surface area contributed by atoms with Gasteiger partial charge in [-0.25, -0.2) is 15.0 Å². The minimum atomic E-state index is -0.386. The summed E-state index contributed by atoms with van der Waals surface area (Å²) in [6.07, 6.45) is 2.79. The van der Waals surface area contributed by atoms with Crippen LogP contribution in [0.15, 0.2) is 50.3 Å². The summed E-state index contributed by atoms with van der Waals surface area (Å²) in [4.78, 5) is 28.1. The zero-order valence-electron chi connectivity index (χ0n) is 9.32. The van der Waals surface area contributed by atoms with Gasteiger partial charge in [0.1, 0.15) is 18.5 Å². The van der Waals surface area contributed by atoms with Crippen LogP contribution in [0.2, 0.25) is 0 Å². The number of fused-ring (bicyclic) bond motifs is 1. The molecular formula is C12H9N5O. The van der Waals surface area contributed by atoms with E-state index in [2.05, 4.69) is 25.3 Å². The molecule has 0 aromatic heterocycles. The minimum Gasteiger partial charge on any atom is -0.308 e. The van der Waals surface area contributed by atoms with E-state index in [1.165, 1.54) is 12.7 Å². The van der Waals surface area contributed by atoms with Gasteiger partial charge in [0.2, 0.25) is 0 Å². The molecule has 2 aliphatic rings. The molecule has 1 N–H and O–H groups in total. The SMILES string of the molecule is O=C(NC1=NC=NC2=NC=N[C@H]21)c1ccccc1. The quantitative estimate of drug-likeness (QED) is 0.767. The molecule has 6 heteroatoms. The van der Waals surface area contributed by atoms with Gasteiger partial charge < -0.3 is 5.32 Å². The van der Waals surface area contributed by atoms with E-state index < -0.39 is 0 Å². The van der Waals surface area contributed by atoms with Crippen molar-refractivity contribution >= 4 is 30.3 Å². The van der Waals surface area contributed by atoms with Crippen LogP contribution in [0, 0.1) is 0 Å². The second kappa shape index (κ2) is 4.33. The Morgan fingerprint density at radius 1 is 1.11 bits per heavy atom. The summed E-state index contributed by atoms with van der Waals surface area (Å²) in [7, 11) is 0. The van der Waals surface area contributed by atoms with E-state index in [4.69, 9.17) is 0 Å². The highest BCUT2D eigenvalue weighted by Crippen LogP contribution is 2.08. The van der Waals surface area contributed by atoms with Crippen molar-refractivity contribution < 1.29 is 4.79 Å². The van der Waals surface area contributed by atoms with Crippen LogP contribution >= 0.6 is 0 Å². The number of aliphatic imine (C=N–C) groups is 4. The maximum atomic E-state index is 12.0. The zero-order valence-corrected chi connectivity index (χ0v) is 9.32. The van der Waals surface area contributed by atoms with Crippen LogP contribution in [-0.2, 0) is 0 Å². The Kier molecular flexibility index (Phi) is 2.53. The van der Waals surface area contributed by atoms with E-state index in [1.807, 2.05) is 6.07 Å². The van der Waals surface area contributed by atoms with Crippen LogP contribution in [0.5, 0.6) is 0 Å². The average molecular weight is 239 g/mol. The molecule has 88 valence electrons. The molecule has 1 atom stereocenters. The van der Waals surface area contributed by atoms with Gasteiger partial charge in [-0.2, -0.15) is 0 Å². The maximum Gasteiger partial charge on any atom is 0.256 e. The molecule has 2 aliphatic heterocycles. The van der Waals surface area contributed by atoms with Crippen LogP contribution in [0.4, 0.5) is 0 Å². The van der Waals surface area contributed by atoms with Crippen LogP contribution < -0.4 is 5.32 Å². The Morgan fingerprint density at radius 3 is 2.78 bits per heavy atom. The number of rotatable bonds is 1. The lowest BCUT2D eigenvalue weighted by atomic mass is 10.2. The van der Waals surface area contributed by atoms with E-state index in [-0.39, 0.29) is 11.9 Å². The summed E-state index contributed by atoms with van der Waals surface area (Å²) < 4.78 is 0. The monoisotopic (exact) mass is 239 g/mol. The molecule has 3 rings (SSSR count). The maximum absolute atomic E-state index is 12.0. The van der Waals surface area contributed by atoms with E-state index in [9.17, 15) is 4.79 Å². The lowest BCUT2D eigenvalue weighted by molar-refractivity contribution is 0.0976. The van der Waals surface area contributed by atoms with Gasteiger partial charge in [0, 0.05) is 5.56 Å². The first-order valence-electron chi connectivity index (χ1n) is 5.40. The summed E-state index contributed by atoms with van der Waals surface area (Å²) >= 11 is 0. The third-order valence-electron chi connectivity index (χ3n) is 2.57. The first-order chi connectivity index (χ1) is 8.84. The fourth-order valence-electron chi connectivity index (χ4n) is 1.69.